The lowest BCUT2D eigenvalue weighted by atomic mass is 10.1. The SMILES string of the molecule is CC[N+](CC)(CCCCCC[N+](CC)(CC)Cc1ccc([N+](=O)[O-])cc1)Cc1ccc([N+](=O)[O-])cc1. The molecule has 0 spiro atoms. The van der Waals surface area contributed by atoms with Crippen LogP contribution in [0, 0.1) is 20.2 Å². The lowest BCUT2D eigenvalue weighted by molar-refractivity contribution is -0.938. The summed E-state index contributed by atoms with van der Waals surface area (Å²) < 4.78 is 2.00. The van der Waals surface area contributed by atoms with Gasteiger partial charge in [0.05, 0.1) is 49.1 Å². The molecular weight excluding hydrogens is 456 g/mol. The van der Waals surface area contributed by atoms with Gasteiger partial charge in [0.1, 0.15) is 13.1 Å². The van der Waals surface area contributed by atoms with Gasteiger partial charge in [-0.25, -0.2) is 0 Å². The van der Waals surface area contributed by atoms with Crippen molar-refractivity contribution in [1.29, 1.82) is 0 Å². The molecule has 0 aliphatic carbocycles. The van der Waals surface area contributed by atoms with Crippen LogP contribution in [0.5, 0.6) is 0 Å². The van der Waals surface area contributed by atoms with Gasteiger partial charge in [-0.3, -0.25) is 20.2 Å². The summed E-state index contributed by atoms with van der Waals surface area (Å²) in [6.07, 6.45) is 4.75. The number of hydrogen-bond donors (Lipinski definition) is 0. The molecule has 0 saturated carbocycles. The normalized spacial score (nSPS) is 12.0. The molecule has 0 heterocycles. The fourth-order valence-corrected chi connectivity index (χ4v) is 5.15. The molecule has 0 saturated heterocycles. The molecular formula is C28H44N4O4+2. The molecule has 198 valence electrons. The van der Waals surface area contributed by atoms with Crippen molar-refractivity contribution in [2.45, 2.75) is 66.5 Å². The van der Waals surface area contributed by atoms with Crippen molar-refractivity contribution >= 4 is 11.4 Å². The second kappa shape index (κ2) is 14.0. The van der Waals surface area contributed by atoms with Crippen molar-refractivity contribution in [3.8, 4) is 0 Å². The predicted molar refractivity (Wildman–Crippen MR) is 144 cm³/mol. The molecule has 0 unspecified atom stereocenters. The smallest absolute Gasteiger partial charge is 0.269 e. The first-order valence-corrected chi connectivity index (χ1v) is 13.4. The average Bonchev–Trinajstić information content (AvgIpc) is 2.89. The highest BCUT2D eigenvalue weighted by molar-refractivity contribution is 5.33. The van der Waals surface area contributed by atoms with Crippen molar-refractivity contribution in [3.63, 3.8) is 0 Å². The molecule has 0 radical (unpaired) electrons. The minimum absolute atomic E-state index is 0.145. The highest BCUT2D eigenvalue weighted by atomic mass is 16.6. The first kappa shape index (κ1) is 29.4. The Balaban J connectivity index is 1.84. The Morgan fingerprint density at radius 2 is 0.861 bits per heavy atom. The van der Waals surface area contributed by atoms with Gasteiger partial charge in [-0.1, -0.05) is 0 Å². The van der Waals surface area contributed by atoms with Crippen LogP contribution in [0.4, 0.5) is 11.4 Å². The van der Waals surface area contributed by atoms with Gasteiger partial charge in [-0.2, -0.15) is 0 Å². The van der Waals surface area contributed by atoms with Gasteiger partial charge in [-0.05, 0) is 77.6 Å². The van der Waals surface area contributed by atoms with Gasteiger partial charge in [0.15, 0.2) is 0 Å². The van der Waals surface area contributed by atoms with Crippen LogP contribution in [0.15, 0.2) is 48.5 Å². The van der Waals surface area contributed by atoms with E-state index >= 15 is 0 Å². The second-order valence-corrected chi connectivity index (χ2v) is 9.97. The summed E-state index contributed by atoms with van der Waals surface area (Å²) in [6.45, 7) is 17.2. The number of nitro benzene ring substituents is 2. The number of non-ortho nitro benzene ring substituents is 2. The Morgan fingerprint density at radius 3 is 1.11 bits per heavy atom. The number of benzene rings is 2. The summed E-state index contributed by atoms with van der Waals surface area (Å²) in [5.74, 6) is 0. The lowest BCUT2D eigenvalue weighted by Gasteiger charge is -2.38. The number of unbranched alkanes of at least 4 members (excludes halogenated alkanes) is 3. The third kappa shape index (κ3) is 8.38. The molecule has 36 heavy (non-hydrogen) atoms. The fraction of sp³-hybridized carbons (Fsp3) is 0.571. The van der Waals surface area contributed by atoms with E-state index in [4.69, 9.17) is 0 Å². The molecule has 2 aromatic carbocycles. The largest absolute Gasteiger partial charge is 0.320 e. The minimum atomic E-state index is -0.345. The summed E-state index contributed by atoms with van der Waals surface area (Å²) in [7, 11) is 0. The van der Waals surface area contributed by atoms with Crippen LogP contribution in [-0.2, 0) is 13.1 Å². The van der Waals surface area contributed by atoms with Crippen LogP contribution in [0.3, 0.4) is 0 Å². The Morgan fingerprint density at radius 1 is 0.556 bits per heavy atom. The van der Waals surface area contributed by atoms with Crippen molar-refractivity contribution in [3.05, 3.63) is 79.9 Å². The molecule has 2 rings (SSSR count). The summed E-state index contributed by atoms with van der Waals surface area (Å²) >= 11 is 0. The van der Waals surface area contributed by atoms with E-state index < -0.39 is 0 Å². The van der Waals surface area contributed by atoms with Crippen molar-refractivity contribution in [2.24, 2.45) is 0 Å². The van der Waals surface area contributed by atoms with Crippen LogP contribution in [0.1, 0.15) is 64.5 Å². The third-order valence-corrected chi connectivity index (χ3v) is 8.03. The first-order chi connectivity index (χ1) is 17.2. The van der Waals surface area contributed by atoms with Crippen LogP contribution >= 0.6 is 0 Å². The number of hydrogen-bond acceptors (Lipinski definition) is 4. The maximum Gasteiger partial charge on any atom is 0.269 e. The molecule has 0 aliphatic heterocycles. The molecule has 8 nitrogen and oxygen atoms in total. The van der Waals surface area contributed by atoms with E-state index in [0.717, 1.165) is 72.5 Å². The maximum atomic E-state index is 10.9. The molecule has 2 aromatic rings. The molecule has 0 aromatic heterocycles. The zero-order valence-electron chi connectivity index (χ0n) is 22.5. The Labute approximate surface area is 216 Å². The van der Waals surface area contributed by atoms with E-state index in [1.807, 2.05) is 24.3 Å². The summed E-state index contributed by atoms with van der Waals surface area (Å²) in [4.78, 5) is 21.2. The zero-order chi connectivity index (χ0) is 26.6. The standard InChI is InChI=1S/C28H44N4O4/c1-5-31(6-2,23-25-13-17-27(18-14-25)29(33)34)21-11-9-10-12-22-32(7-3,8-4)24-26-15-19-28(20-16-26)30(35)36/h13-20H,5-12,21-24H2,1-4H3/q+2. The van der Waals surface area contributed by atoms with E-state index in [1.54, 1.807) is 24.3 Å². The number of nitro groups is 2. The van der Waals surface area contributed by atoms with Crippen molar-refractivity contribution in [2.75, 3.05) is 39.3 Å². The van der Waals surface area contributed by atoms with Gasteiger partial charge in [0, 0.05) is 35.4 Å². The molecule has 0 bridgehead atoms. The van der Waals surface area contributed by atoms with Gasteiger partial charge >= 0.3 is 0 Å². The number of rotatable bonds is 17. The molecule has 0 atom stereocenters. The van der Waals surface area contributed by atoms with E-state index in [9.17, 15) is 20.2 Å². The summed E-state index contributed by atoms with van der Waals surface area (Å²) in [6, 6.07) is 14.0. The van der Waals surface area contributed by atoms with E-state index in [2.05, 4.69) is 27.7 Å². The second-order valence-electron chi connectivity index (χ2n) is 9.97. The molecule has 8 heteroatoms. The van der Waals surface area contributed by atoms with Crippen molar-refractivity contribution in [1.82, 2.24) is 0 Å². The van der Waals surface area contributed by atoms with Crippen LogP contribution in [0.25, 0.3) is 0 Å². The summed E-state index contributed by atoms with van der Waals surface area (Å²) in [5.41, 5.74) is 2.60. The average molecular weight is 501 g/mol. The first-order valence-electron chi connectivity index (χ1n) is 13.4. The van der Waals surface area contributed by atoms with Gasteiger partial charge in [0.25, 0.3) is 11.4 Å². The Bertz CT molecular complexity index is 873. The topological polar surface area (TPSA) is 86.3 Å². The number of quaternary nitrogens is 2. The number of nitrogens with zero attached hydrogens (tertiary/aromatic N) is 4. The third-order valence-electron chi connectivity index (χ3n) is 8.03. The van der Waals surface area contributed by atoms with Gasteiger partial charge in [0.2, 0.25) is 0 Å². The Hall–Kier alpha value is -2.84. The quantitative estimate of drug-likeness (QED) is 0.108. The molecule has 0 N–H and O–H groups in total. The highest BCUT2D eigenvalue weighted by Gasteiger charge is 2.25. The van der Waals surface area contributed by atoms with E-state index in [1.165, 1.54) is 25.7 Å². The molecule has 0 amide bonds. The van der Waals surface area contributed by atoms with Crippen LogP contribution in [-0.4, -0.2) is 58.1 Å². The lowest BCUT2D eigenvalue weighted by Crippen LogP contribution is -2.48. The van der Waals surface area contributed by atoms with Gasteiger partial charge < -0.3 is 8.97 Å². The zero-order valence-corrected chi connectivity index (χ0v) is 22.5. The molecule has 0 fully saturated rings. The Kier molecular flexibility index (Phi) is 11.5. The minimum Gasteiger partial charge on any atom is -0.320 e. The monoisotopic (exact) mass is 500 g/mol. The fourth-order valence-electron chi connectivity index (χ4n) is 5.15. The van der Waals surface area contributed by atoms with E-state index in [-0.39, 0.29) is 21.2 Å². The summed E-state index contributed by atoms with van der Waals surface area (Å²) in [5, 5.41) is 21.9. The molecule has 0 aliphatic rings. The van der Waals surface area contributed by atoms with E-state index in [0.29, 0.717) is 0 Å². The van der Waals surface area contributed by atoms with Crippen molar-refractivity contribution < 1.29 is 18.8 Å². The predicted octanol–water partition coefficient (Wildman–Crippen LogP) is 6.48. The maximum absolute atomic E-state index is 10.9. The van der Waals surface area contributed by atoms with Gasteiger partial charge in [-0.15, -0.1) is 0 Å². The van der Waals surface area contributed by atoms with Crippen LogP contribution < -0.4 is 0 Å². The highest BCUT2D eigenvalue weighted by Crippen LogP contribution is 2.21. The van der Waals surface area contributed by atoms with Crippen LogP contribution in [0.2, 0.25) is 0 Å².